The molecule has 1 heterocycles. The molecule has 8 heteroatoms. The fourth-order valence-electron chi connectivity index (χ4n) is 3.49. The van der Waals surface area contributed by atoms with E-state index in [4.69, 9.17) is 9.47 Å². The molecule has 8 nitrogen and oxygen atoms in total. The number of aryl methyl sites for hydroxylation is 2. The fraction of sp³-hybridized carbons (Fsp3) is 0.381. The van der Waals surface area contributed by atoms with Gasteiger partial charge in [-0.2, -0.15) is 0 Å². The number of amides is 1. The van der Waals surface area contributed by atoms with Gasteiger partial charge < -0.3 is 19.3 Å². The van der Waals surface area contributed by atoms with Crippen molar-refractivity contribution in [1.82, 2.24) is 4.90 Å². The molecule has 0 N–H and O–H groups in total. The van der Waals surface area contributed by atoms with Crippen molar-refractivity contribution < 1.29 is 19.2 Å². The lowest BCUT2D eigenvalue weighted by molar-refractivity contribution is -0.384. The SMILES string of the molecule is COc1ccc(N2CCN(C(=O)COc3cc(C)cc(C)c3)CC2)c([N+](=O)[O-])c1. The third kappa shape index (κ3) is 4.96. The number of ether oxygens (including phenoxy) is 2. The molecule has 3 rings (SSSR count). The van der Waals surface area contributed by atoms with E-state index in [1.807, 2.05) is 36.9 Å². The summed E-state index contributed by atoms with van der Waals surface area (Å²) in [7, 11) is 1.48. The second kappa shape index (κ2) is 8.81. The zero-order chi connectivity index (χ0) is 21.0. The Balaban J connectivity index is 1.59. The van der Waals surface area contributed by atoms with E-state index in [1.165, 1.54) is 13.2 Å². The van der Waals surface area contributed by atoms with Gasteiger partial charge in [0.05, 0.1) is 18.1 Å². The number of nitro benzene ring substituents is 1. The molecule has 2 aromatic carbocycles. The minimum atomic E-state index is -0.410. The molecule has 154 valence electrons. The van der Waals surface area contributed by atoms with Crippen LogP contribution >= 0.6 is 0 Å². The molecule has 1 fully saturated rings. The normalized spacial score (nSPS) is 13.9. The first-order chi connectivity index (χ1) is 13.9. The second-order valence-corrected chi connectivity index (χ2v) is 7.09. The first-order valence-electron chi connectivity index (χ1n) is 9.43. The molecule has 0 radical (unpaired) electrons. The number of nitro groups is 1. The third-order valence-corrected chi connectivity index (χ3v) is 4.91. The highest BCUT2D eigenvalue weighted by atomic mass is 16.6. The van der Waals surface area contributed by atoms with Gasteiger partial charge in [0.25, 0.3) is 11.6 Å². The summed E-state index contributed by atoms with van der Waals surface area (Å²) in [5.74, 6) is 1.04. The van der Waals surface area contributed by atoms with Crippen LogP contribution in [0.5, 0.6) is 11.5 Å². The predicted octanol–water partition coefficient (Wildman–Crippen LogP) is 2.95. The van der Waals surface area contributed by atoms with E-state index >= 15 is 0 Å². The van der Waals surface area contributed by atoms with Crippen molar-refractivity contribution in [2.45, 2.75) is 13.8 Å². The van der Waals surface area contributed by atoms with Gasteiger partial charge in [0.2, 0.25) is 0 Å². The van der Waals surface area contributed by atoms with Crippen molar-refractivity contribution >= 4 is 17.3 Å². The number of benzene rings is 2. The van der Waals surface area contributed by atoms with Gasteiger partial charge in [0.1, 0.15) is 17.2 Å². The van der Waals surface area contributed by atoms with Gasteiger partial charge in [0, 0.05) is 26.2 Å². The highest BCUT2D eigenvalue weighted by Gasteiger charge is 2.26. The quantitative estimate of drug-likeness (QED) is 0.548. The number of hydrogen-bond acceptors (Lipinski definition) is 6. The number of nitrogens with zero attached hydrogens (tertiary/aromatic N) is 3. The van der Waals surface area contributed by atoms with Gasteiger partial charge in [-0.3, -0.25) is 14.9 Å². The molecule has 0 aliphatic carbocycles. The second-order valence-electron chi connectivity index (χ2n) is 7.09. The van der Waals surface area contributed by atoms with Crippen molar-refractivity contribution in [2.75, 3.05) is 44.8 Å². The summed E-state index contributed by atoms with van der Waals surface area (Å²) in [6.45, 7) is 5.95. The van der Waals surface area contributed by atoms with Gasteiger partial charge in [-0.1, -0.05) is 6.07 Å². The summed E-state index contributed by atoms with van der Waals surface area (Å²) in [5, 5.41) is 11.4. The number of carbonyl (C=O) groups is 1. The lowest BCUT2D eigenvalue weighted by Crippen LogP contribution is -2.50. The largest absolute Gasteiger partial charge is 0.496 e. The van der Waals surface area contributed by atoms with Crippen LogP contribution in [-0.2, 0) is 4.79 Å². The van der Waals surface area contributed by atoms with E-state index in [9.17, 15) is 14.9 Å². The Morgan fingerprint density at radius 3 is 2.28 bits per heavy atom. The Hall–Kier alpha value is -3.29. The molecule has 0 unspecified atom stereocenters. The van der Waals surface area contributed by atoms with Crippen molar-refractivity contribution in [1.29, 1.82) is 0 Å². The Labute approximate surface area is 169 Å². The Bertz CT molecular complexity index is 887. The van der Waals surface area contributed by atoms with E-state index in [1.54, 1.807) is 17.0 Å². The van der Waals surface area contributed by atoms with Crippen LogP contribution < -0.4 is 14.4 Å². The standard InChI is InChI=1S/C21H25N3O5/c1-15-10-16(2)12-18(11-15)29-14-21(25)23-8-6-22(7-9-23)19-5-4-17(28-3)13-20(19)24(26)27/h4-5,10-13H,6-9,14H2,1-3H3. The lowest BCUT2D eigenvalue weighted by atomic mass is 10.1. The number of hydrogen-bond donors (Lipinski definition) is 0. The molecule has 0 saturated carbocycles. The van der Waals surface area contributed by atoms with Crippen LogP contribution in [0.2, 0.25) is 0 Å². The summed E-state index contributed by atoms with van der Waals surface area (Å²) >= 11 is 0. The number of carbonyl (C=O) groups excluding carboxylic acids is 1. The summed E-state index contributed by atoms with van der Waals surface area (Å²) in [5.41, 5.74) is 2.71. The minimum absolute atomic E-state index is 0.00211. The van der Waals surface area contributed by atoms with Crippen LogP contribution in [0.25, 0.3) is 0 Å². The molecule has 1 aliphatic rings. The molecule has 1 saturated heterocycles. The topological polar surface area (TPSA) is 85.2 Å². The van der Waals surface area contributed by atoms with Gasteiger partial charge >= 0.3 is 0 Å². The maximum Gasteiger partial charge on any atom is 0.296 e. The molecular formula is C21H25N3O5. The van der Waals surface area contributed by atoms with Crippen LogP contribution in [0.15, 0.2) is 36.4 Å². The Kier molecular flexibility index (Phi) is 6.21. The smallest absolute Gasteiger partial charge is 0.296 e. The van der Waals surface area contributed by atoms with Crippen molar-refractivity contribution in [2.24, 2.45) is 0 Å². The van der Waals surface area contributed by atoms with E-state index in [0.717, 1.165) is 11.1 Å². The zero-order valence-electron chi connectivity index (χ0n) is 16.9. The summed E-state index contributed by atoms with van der Waals surface area (Å²) in [6, 6.07) is 10.7. The molecule has 1 aliphatic heterocycles. The van der Waals surface area contributed by atoms with Gasteiger partial charge in [0.15, 0.2) is 6.61 Å². The number of rotatable bonds is 6. The Morgan fingerprint density at radius 1 is 1.03 bits per heavy atom. The molecule has 1 amide bonds. The van der Waals surface area contributed by atoms with Crippen molar-refractivity contribution in [3.8, 4) is 11.5 Å². The van der Waals surface area contributed by atoms with Crippen LogP contribution in [-0.4, -0.2) is 55.6 Å². The zero-order valence-corrected chi connectivity index (χ0v) is 16.9. The summed E-state index contributed by atoms with van der Waals surface area (Å²) in [6.07, 6.45) is 0. The fourth-order valence-corrected chi connectivity index (χ4v) is 3.49. The maximum absolute atomic E-state index is 12.5. The highest BCUT2D eigenvalue weighted by molar-refractivity contribution is 5.78. The van der Waals surface area contributed by atoms with Crippen molar-refractivity contribution in [3.63, 3.8) is 0 Å². The average molecular weight is 399 g/mol. The van der Waals surface area contributed by atoms with E-state index in [2.05, 4.69) is 0 Å². The number of methoxy groups -OCH3 is 1. The molecule has 29 heavy (non-hydrogen) atoms. The van der Waals surface area contributed by atoms with Crippen LogP contribution in [0.4, 0.5) is 11.4 Å². The highest BCUT2D eigenvalue weighted by Crippen LogP contribution is 2.32. The number of piperazine rings is 1. The molecule has 0 atom stereocenters. The first-order valence-corrected chi connectivity index (χ1v) is 9.43. The lowest BCUT2D eigenvalue weighted by Gasteiger charge is -2.35. The van der Waals surface area contributed by atoms with Gasteiger partial charge in [-0.15, -0.1) is 0 Å². The maximum atomic E-state index is 12.5. The molecular weight excluding hydrogens is 374 g/mol. The minimum Gasteiger partial charge on any atom is -0.496 e. The van der Waals surface area contributed by atoms with Gasteiger partial charge in [-0.25, -0.2) is 0 Å². The third-order valence-electron chi connectivity index (χ3n) is 4.91. The predicted molar refractivity (Wildman–Crippen MR) is 110 cm³/mol. The van der Waals surface area contributed by atoms with Crippen molar-refractivity contribution in [3.05, 3.63) is 57.6 Å². The Morgan fingerprint density at radius 2 is 1.69 bits per heavy atom. The molecule has 0 spiro atoms. The first kappa shape index (κ1) is 20.4. The van der Waals surface area contributed by atoms with Crippen LogP contribution in [0.1, 0.15) is 11.1 Å². The van der Waals surface area contributed by atoms with E-state index in [-0.39, 0.29) is 18.2 Å². The van der Waals surface area contributed by atoms with E-state index in [0.29, 0.717) is 43.4 Å². The average Bonchev–Trinajstić information content (AvgIpc) is 2.71. The summed E-state index contributed by atoms with van der Waals surface area (Å²) < 4.78 is 10.7. The monoisotopic (exact) mass is 399 g/mol. The molecule has 0 bridgehead atoms. The number of anilines is 1. The molecule has 2 aromatic rings. The van der Waals surface area contributed by atoms with Gasteiger partial charge in [-0.05, 0) is 49.2 Å². The summed E-state index contributed by atoms with van der Waals surface area (Å²) in [4.78, 5) is 27.2. The van der Waals surface area contributed by atoms with Crippen LogP contribution in [0, 0.1) is 24.0 Å². The van der Waals surface area contributed by atoms with Crippen LogP contribution in [0.3, 0.4) is 0 Å². The molecule has 0 aromatic heterocycles. The van der Waals surface area contributed by atoms with E-state index < -0.39 is 4.92 Å².